The Morgan fingerprint density at radius 2 is 1.93 bits per heavy atom. The molecule has 0 heterocycles. The van der Waals surface area contributed by atoms with Crippen LogP contribution in [0.4, 0.5) is 0 Å². The molecular formula is C10H10Br2N2O. The van der Waals surface area contributed by atoms with E-state index in [1.54, 1.807) is 0 Å². The van der Waals surface area contributed by atoms with E-state index in [0.717, 1.165) is 20.9 Å². The van der Waals surface area contributed by atoms with Crippen molar-refractivity contribution in [2.24, 2.45) is 5.73 Å². The molecule has 5 heteroatoms. The van der Waals surface area contributed by atoms with Crippen LogP contribution in [0.2, 0.25) is 0 Å². The van der Waals surface area contributed by atoms with Crippen LogP contribution in [0.15, 0.2) is 21.1 Å². The Labute approximate surface area is 105 Å². The first-order valence-electron chi connectivity index (χ1n) is 4.36. The lowest BCUT2D eigenvalue weighted by molar-refractivity contribution is 0.363. The first-order chi connectivity index (χ1) is 7.19. The van der Waals surface area contributed by atoms with Crippen LogP contribution in [-0.4, -0.2) is 13.2 Å². The molecule has 1 aromatic rings. The SMILES string of the molecule is N#CCOc1c(Br)cc(CCN)cc1Br. The molecule has 3 nitrogen and oxygen atoms in total. The van der Waals surface area contributed by atoms with Crippen LogP contribution in [0.25, 0.3) is 0 Å². The maximum atomic E-state index is 8.43. The zero-order valence-electron chi connectivity index (χ0n) is 7.96. The molecule has 0 aliphatic carbocycles. The topological polar surface area (TPSA) is 59.0 Å². The van der Waals surface area contributed by atoms with Gasteiger partial charge in [0, 0.05) is 0 Å². The normalized spacial score (nSPS) is 9.73. The summed E-state index contributed by atoms with van der Waals surface area (Å²) in [4.78, 5) is 0. The molecule has 0 saturated heterocycles. The van der Waals surface area contributed by atoms with Crippen molar-refractivity contribution in [3.8, 4) is 11.8 Å². The maximum Gasteiger partial charge on any atom is 0.174 e. The minimum absolute atomic E-state index is 0.0352. The van der Waals surface area contributed by atoms with Crippen LogP contribution in [0.3, 0.4) is 0 Å². The first-order valence-corrected chi connectivity index (χ1v) is 5.95. The highest BCUT2D eigenvalue weighted by atomic mass is 79.9. The van der Waals surface area contributed by atoms with E-state index in [0.29, 0.717) is 12.3 Å². The van der Waals surface area contributed by atoms with Gasteiger partial charge in [0.05, 0.1) is 8.95 Å². The van der Waals surface area contributed by atoms with Crippen LogP contribution in [0, 0.1) is 11.3 Å². The van der Waals surface area contributed by atoms with Gasteiger partial charge in [-0.15, -0.1) is 0 Å². The zero-order valence-corrected chi connectivity index (χ0v) is 11.1. The molecular weight excluding hydrogens is 324 g/mol. The number of benzene rings is 1. The Morgan fingerprint density at radius 1 is 1.33 bits per heavy atom. The van der Waals surface area contributed by atoms with Crippen LogP contribution in [-0.2, 0) is 6.42 Å². The Hall–Kier alpha value is -0.570. The number of nitrogens with zero attached hydrogens (tertiary/aromatic N) is 1. The van der Waals surface area contributed by atoms with Gasteiger partial charge >= 0.3 is 0 Å². The monoisotopic (exact) mass is 332 g/mol. The summed E-state index contributed by atoms with van der Waals surface area (Å²) in [6.45, 7) is 0.644. The fraction of sp³-hybridized carbons (Fsp3) is 0.300. The number of nitrogens with two attached hydrogens (primary N) is 1. The molecule has 0 atom stereocenters. The van der Waals surface area contributed by atoms with Crippen molar-refractivity contribution in [1.82, 2.24) is 0 Å². The minimum atomic E-state index is 0.0352. The second-order valence-electron chi connectivity index (χ2n) is 2.87. The molecule has 0 amide bonds. The first kappa shape index (κ1) is 12.5. The average Bonchev–Trinajstić information content (AvgIpc) is 2.17. The van der Waals surface area contributed by atoms with Gasteiger partial charge in [0.25, 0.3) is 0 Å². The van der Waals surface area contributed by atoms with Crippen molar-refractivity contribution in [1.29, 1.82) is 5.26 Å². The second-order valence-corrected chi connectivity index (χ2v) is 4.58. The number of halogens is 2. The van der Waals surface area contributed by atoms with Crippen molar-refractivity contribution < 1.29 is 4.74 Å². The van der Waals surface area contributed by atoms with Crippen molar-refractivity contribution in [3.05, 3.63) is 26.6 Å². The summed E-state index contributed by atoms with van der Waals surface area (Å²) in [6.07, 6.45) is 0.815. The highest BCUT2D eigenvalue weighted by Gasteiger charge is 2.08. The molecule has 0 radical (unpaired) electrons. The molecule has 1 aromatic carbocycles. The summed E-state index contributed by atoms with van der Waals surface area (Å²) in [6, 6.07) is 5.82. The summed E-state index contributed by atoms with van der Waals surface area (Å²) in [5.41, 5.74) is 6.60. The van der Waals surface area contributed by atoms with Crippen molar-refractivity contribution in [3.63, 3.8) is 0 Å². The standard InChI is InChI=1S/C10H10Br2N2O/c11-8-5-7(1-2-13)6-9(12)10(8)15-4-3-14/h5-6H,1-2,4,13H2. The summed E-state index contributed by atoms with van der Waals surface area (Å²) in [5, 5.41) is 8.43. The molecule has 0 bridgehead atoms. The van der Waals surface area contributed by atoms with Gasteiger partial charge in [-0.1, -0.05) is 0 Å². The van der Waals surface area contributed by atoms with Crippen molar-refractivity contribution in [2.45, 2.75) is 6.42 Å². The maximum absolute atomic E-state index is 8.43. The van der Waals surface area contributed by atoms with Gasteiger partial charge in [-0.05, 0) is 62.5 Å². The summed E-state index contributed by atoms with van der Waals surface area (Å²) in [5.74, 6) is 0.650. The average molecular weight is 334 g/mol. The van der Waals surface area contributed by atoms with E-state index in [1.165, 1.54) is 0 Å². The van der Waals surface area contributed by atoms with Gasteiger partial charge in [-0.3, -0.25) is 0 Å². The van der Waals surface area contributed by atoms with E-state index in [2.05, 4.69) is 31.9 Å². The molecule has 1 rings (SSSR count). The Balaban J connectivity index is 2.94. The number of hydrogen-bond donors (Lipinski definition) is 1. The quantitative estimate of drug-likeness (QED) is 0.921. The third kappa shape index (κ3) is 3.49. The van der Waals surface area contributed by atoms with E-state index in [9.17, 15) is 0 Å². The van der Waals surface area contributed by atoms with Crippen LogP contribution in [0.5, 0.6) is 5.75 Å². The van der Waals surface area contributed by atoms with Crippen LogP contribution < -0.4 is 10.5 Å². The Bertz CT molecular complexity index is 364. The fourth-order valence-corrected chi connectivity index (χ4v) is 2.68. The molecule has 0 aromatic heterocycles. The molecule has 15 heavy (non-hydrogen) atoms. The van der Waals surface area contributed by atoms with Gasteiger partial charge in [0.15, 0.2) is 6.61 Å². The summed E-state index contributed by atoms with van der Waals surface area (Å²) in [7, 11) is 0. The van der Waals surface area contributed by atoms with Gasteiger partial charge in [-0.25, -0.2) is 0 Å². The molecule has 0 spiro atoms. The summed E-state index contributed by atoms with van der Waals surface area (Å²) < 4.78 is 6.92. The lowest BCUT2D eigenvalue weighted by Crippen LogP contribution is -2.03. The number of ether oxygens (including phenoxy) is 1. The van der Waals surface area contributed by atoms with E-state index < -0.39 is 0 Å². The largest absolute Gasteiger partial charge is 0.476 e. The van der Waals surface area contributed by atoms with Gasteiger partial charge < -0.3 is 10.5 Å². The molecule has 80 valence electrons. The van der Waals surface area contributed by atoms with E-state index in [4.69, 9.17) is 15.7 Å². The number of hydrogen-bond acceptors (Lipinski definition) is 3. The van der Waals surface area contributed by atoms with Crippen LogP contribution in [0.1, 0.15) is 5.56 Å². The number of rotatable bonds is 4. The lowest BCUT2D eigenvalue weighted by atomic mass is 10.1. The lowest BCUT2D eigenvalue weighted by Gasteiger charge is -2.09. The van der Waals surface area contributed by atoms with E-state index in [1.807, 2.05) is 18.2 Å². The van der Waals surface area contributed by atoms with E-state index >= 15 is 0 Å². The summed E-state index contributed by atoms with van der Waals surface area (Å²) >= 11 is 6.79. The predicted octanol–water partition coefficient (Wildman–Crippen LogP) is 2.62. The third-order valence-corrected chi connectivity index (χ3v) is 2.95. The molecule has 0 aliphatic heterocycles. The zero-order chi connectivity index (χ0) is 11.3. The van der Waals surface area contributed by atoms with Gasteiger partial charge in [0.2, 0.25) is 0 Å². The smallest absolute Gasteiger partial charge is 0.174 e. The second kappa shape index (κ2) is 6.11. The highest BCUT2D eigenvalue weighted by molar-refractivity contribution is 9.11. The molecule has 0 aliphatic rings. The molecule has 0 saturated carbocycles. The molecule has 2 N–H and O–H groups in total. The molecule has 0 fully saturated rings. The van der Waals surface area contributed by atoms with Crippen molar-refractivity contribution in [2.75, 3.05) is 13.2 Å². The third-order valence-electron chi connectivity index (χ3n) is 1.77. The van der Waals surface area contributed by atoms with Gasteiger partial charge in [-0.2, -0.15) is 5.26 Å². The molecule has 0 unspecified atom stereocenters. The predicted molar refractivity (Wildman–Crippen MR) is 65.7 cm³/mol. The van der Waals surface area contributed by atoms with Crippen molar-refractivity contribution >= 4 is 31.9 Å². The van der Waals surface area contributed by atoms with Gasteiger partial charge in [0.1, 0.15) is 11.8 Å². The number of nitriles is 1. The Kier molecular flexibility index (Phi) is 5.09. The van der Waals surface area contributed by atoms with Crippen LogP contribution >= 0.6 is 31.9 Å². The minimum Gasteiger partial charge on any atom is -0.476 e. The van der Waals surface area contributed by atoms with E-state index in [-0.39, 0.29) is 6.61 Å². The highest BCUT2D eigenvalue weighted by Crippen LogP contribution is 2.34. The Morgan fingerprint density at radius 3 is 2.40 bits per heavy atom. The fourth-order valence-electron chi connectivity index (χ4n) is 1.17.